The lowest BCUT2D eigenvalue weighted by Crippen LogP contribution is -2.00. The molecule has 15 heavy (non-hydrogen) atoms. The lowest BCUT2D eigenvalue weighted by molar-refractivity contribution is 0.0701. The highest BCUT2D eigenvalue weighted by Gasteiger charge is 2.17. The molecule has 1 rings (SSSR count). The predicted molar refractivity (Wildman–Crippen MR) is 57.0 cm³/mol. The van der Waals surface area contributed by atoms with Gasteiger partial charge in [0.15, 0.2) is 9.84 Å². The SMILES string of the molecule is CCc1nc(CS(C)(=O)=O)sc1C(=O)O. The number of hydrogen-bond donors (Lipinski definition) is 1. The van der Waals surface area contributed by atoms with Gasteiger partial charge in [0.1, 0.15) is 15.6 Å². The van der Waals surface area contributed by atoms with Gasteiger partial charge in [0.05, 0.1) is 5.69 Å². The van der Waals surface area contributed by atoms with Crippen LogP contribution in [0.2, 0.25) is 0 Å². The molecular weight excluding hydrogens is 238 g/mol. The molecule has 84 valence electrons. The fraction of sp³-hybridized carbons (Fsp3) is 0.500. The van der Waals surface area contributed by atoms with E-state index < -0.39 is 15.8 Å². The third-order valence-corrected chi connectivity index (χ3v) is 3.72. The molecule has 0 aliphatic carbocycles. The third-order valence-electron chi connectivity index (χ3n) is 1.66. The normalized spacial score (nSPS) is 11.6. The summed E-state index contributed by atoms with van der Waals surface area (Å²) in [6.45, 7) is 1.78. The van der Waals surface area contributed by atoms with E-state index in [1.54, 1.807) is 6.92 Å². The number of thiazole rings is 1. The first kappa shape index (κ1) is 12.1. The van der Waals surface area contributed by atoms with Crippen LogP contribution in [0.1, 0.15) is 27.3 Å². The fourth-order valence-electron chi connectivity index (χ4n) is 1.09. The van der Waals surface area contributed by atoms with Gasteiger partial charge in [-0.05, 0) is 6.42 Å². The summed E-state index contributed by atoms with van der Waals surface area (Å²) >= 11 is 0.929. The zero-order chi connectivity index (χ0) is 11.6. The number of nitrogens with zero attached hydrogens (tertiary/aromatic N) is 1. The van der Waals surface area contributed by atoms with E-state index in [-0.39, 0.29) is 10.6 Å². The van der Waals surface area contributed by atoms with Crippen molar-refractivity contribution in [2.24, 2.45) is 0 Å². The van der Waals surface area contributed by atoms with Gasteiger partial charge in [-0.3, -0.25) is 0 Å². The number of carboxylic acids is 1. The second kappa shape index (κ2) is 4.28. The Labute approximate surface area is 91.7 Å². The highest BCUT2D eigenvalue weighted by atomic mass is 32.2. The van der Waals surface area contributed by atoms with Gasteiger partial charge in [-0.1, -0.05) is 6.92 Å². The van der Waals surface area contributed by atoms with E-state index in [4.69, 9.17) is 5.11 Å². The molecule has 0 saturated heterocycles. The minimum atomic E-state index is -3.16. The van der Waals surface area contributed by atoms with Crippen LogP contribution in [0.4, 0.5) is 0 Å². The molecule has 0 aliphatic heterocycles. The topological polar surface area (TPSA) is 84.3 Å². The molecule has 7 heteroatoms. The van der Waals surface area contributed by atoms with Crippen molar-refractivity contribution in [3.8, 4) is 0 Å². The van der Waals surface area contributed by atoms with E-state index in [0.29, 0.717) is 17.1 Å². The van der Waals surface area contributed by atoms with Gasteiger partial charge in [-0.15, -0.1) is 11.3 Å². The van der Waals surface area contributed by atoms with Gasteiger partial charge in [-0.2, -0.15) is 0 Å². The van der Waals surface area contributed by atoms with Gasteiger partial charge >= 0.3 is 5.97 Å². The number of rotatable bonds is 4. The van der Waals surface area contributed by atoms with Gasteiger partial charge in [0.2, 0.25) is 0 Å². The maximum absolute atomic E-state index is 11.0. The van der Waals surface area contributed by atoms with Crippen molar-refractivity contribution in [2.75, 3.05) is 6.26 Å². The van der Waals surface area contributed by atoms with Gasteiger partial charge < -0.3 is 5.11 Å². The first-order chi connectivity index (χ1) is 6.83. The maximum Gasteiger partial charge on any atom is 0.347 e. The van der Waals surface area contributed by atoms with E-state index >= 15 is 0 Å². The lowest BCUT2D eigenvalue weighted by Gasteiger charge is -1.91. The van der Waals surface area contributed by atoms with Crippen molar-refractivity contribution < 1.29 is 18.3 Å². The van der Waals surface area contributed by atoms with Crippen LogP contribution in [-0.2, 0) is 22.0 Å². The van der Waals surface area contributed by atoms with Gasteiger partial charge in [0.25, 0.3) is 0 Å². The molecule has 0 aromatic carbocycles. The van der Waals surface area contributed by atoms with E-state index in [2.05, 4.69) is 4.98 Å². The molecule has 1 aromatic heterocycles. The monoisotopic (exact) mass is 249 g/mol. The number of carbonyl (C=O) groups is 1. The quantitative estimate of drug-likeness (QED) is 0.858. The summed E-state index contributed by atoms with van der Waals surface area (Å²) in [7, 11) is -3.16. The van der Waals surface area contributed by atoms with Crippen LogP contribution >= 0.6 is 11.3 Å². The summed E-state index contributed by atoms with van der Waals surface area (Å²) in [6, 6.07) is 0. The van der Waals surface area contributed by atoms with E-state index in [1.165, 1.54) is 0 Å². The molecule has 1 N–H and O–H groups in total. The summed E-state index contributed by atoms with van der Waals surface area (Å²) < 4.78 is 22.0. The first-order valence-corrected chi connectivity index (χ1v) is 7.10. The van der Waals surface area contributed by atoms with E-state index in [0.717, 1.165) is 17.6 Å². The molecule has 0 unspecified atom stereocenters. The van der Waals surface area contributed by atoms with Gasteiger partial charge in [0, 0.05) is 6.26 Å². The number of sulfone groups is 1. The van der Waals surface area contributed by atoms with Crippen molar-refractivity contribution in [3.63, 3.8) is 0 Å². The molecule has 0 bridgehead atoms. The molecule has 1 aromatic rings. The molecule has 5 nitrogen and oxygen atoms in total. The fourth-order valence-corrected chi connectivity index (χ4v) is 3.27. The summed E-state index contributed by atoms with van der Waals surface area (Å²) in [6.07, 6.45) is 1.59. The Morgan fingerprint density at radius 1 is 1.53 bits per heavy atom. The Balaban J connectivity index is 3.08. The largest absolute Gasteiger partial charge is 0.477 e. The van der Waals surface area contributed by atoms with Crippen molar-refractivity contribution >= 4 is 27.1 Å². The Kier molecular flexibility index (Phi) is 3.46. The molecular formula is C8H11NO4S2. The molecule has 1 heterocycles. The Hall–Kier alpha value is -0.950. The minimum Gasteiger partial charge on any atom is -0.477 e. The third kappa shape index (κ3) is 3.28. The van der Waals surface area contributed by atoms with Crippen LogP contribution in [0.15, 0.2) is 0 Å². The highest BCUT2D eigenvalue weighted by molar-refractivity contribution is 7.90. The molecule has 0 atom stereocenters. The number of aromatic carboxylic acids is 1. The van der Waals surface area contributed by atoms with Crippen LogP contribution in [0.3, 0.4) is 0 Å². The number of carboxylic acid groups (broad SMARTS) is 1. The highest BCUT2D eigenvalue weighted by Crippen LogP contribution is 2.20. The molecule has 0 aliphatic rings. The smallest absolute Gasteiger partial charge is 0.347 e. The van der Waals surface area contributed by atoms with Gasteiger partial charge in [-0.25, -0.2) is 18.2 Å². The Bertz CT molecular complexity index is 475. The van der Waals surface area contributed by atoms with Crippen LogP contribution in [-0.4, -0.2) is 30.7 Å². The molecule has 0 fully saturated rings. The average Bonchev–Trinajstić information content (AvgIpc) is 2.44. The Morgan fingerprint density at radius 2 is 2.13 bits per heavy atom. The second-order valence-corrected chi connectivity index (χ2v) is 6.34. The maximum atomic E-state index is 11.0. The van der Waals surface area contributed by atoms with Crippen LogP contribution in [0.25, 0.3) is 0 Å². The molecule has 0 saturated carbocycles. The zero-order valence-corrected chi connectivity index (χ0v) is 9.98. The average molecular weight is 249 g/mol. The van der Waals surface area contributed by atoms with Crippen molar-refractivity contribution in [1.82, 2.24) is 4.98 Å². The standard InChI is InChI=1S/C8H11NO4S2/c1-3-5-7(8(10)11)14-6(9-5)4-15(2,12)13/h3-4H2,1-2H3,(H,10,11). The zero-order valence-electron chi connectivity index (χ0n) is 8.35. The molecule has 0 spiro atoms. The van der Waals surface area contributed by atoms with Crippen LogP contribution in [0, 0.1) is 0 Å². The van der Waals surface area contributed by atoms with Crippen molar-refractivity contribution in [3.05, 3.63) is 15.6 Å². The van der Waals surface area contributed by atoms with E-state index in [1.807, 2.05) is 0 Å². The number of aryl methyl sites for hydroxylation is 1. The number of aromatic nitrogens is 1. The molecule has 0 radical (unpaired) electrons. The van der Waals surface area contributed by atoms with Crippen molar-refractivity contribution in [1.29, 1.82) is 0 Å². The predicted octanol–water partition coefficient (Wildman–Crippen LogP) is 0.948. The first-order valence-electron chi connectivity index (χ1n) is 4.23. The second-order valence-electron chi connectivity index (χ2n) is 3.11. The number of hydrogen-bond acceptors (Lipinski definition) is 5. The van der Waals surface area contributed by atoms with Crippen molar-refractivity contribution in [2.45, 2.75) is 19.1 Å². The summed E-state index contributed by atoms with van der Waals surface area (Å²) in [5, 5.41) is 9.17. The lowest BCUT2D eigenvalue weighted by atomic mass is 10.3. The summed E-state index contributed by atoms with van der Waals surface area (Å²) in [5.41, 5.74) is 0.450. The Morgan fingerprint density at radius 3 is 2.47 bits per heavy atom. The van der Waals surface area contributed by atoms with Crippen LogP contribution in [0.5, 0.6) is 0 Å². The van der Waals surface area contributed by atoms with E-state index in [9.17, 15) is 13.2 Å². The summed E-state index contributed by atoms with van der Waals surface area (Å²) in [5.74, 6) is -1.25. The van der Waals surface area contributed by atoms with Crippen LogP contribution < -0.4 is 0 Å². The minimum absolute atomic E-state index is 0.135. The molecule has 0 amide bonds. The summed E-state index contributed by atoms with van der Waals surface area (Å²) in [4.78, 5) is 14.9.